The molecule has 0 N–H and O–H groups in total. The lowest BCUT2D eigenvalue weighted by Crippen LogP contribution is -2.45. The van der Waals surface area contributed by atoms with Gasteiger partial charge in [-0.05, 0) is 31.2 Å². The van der Waals surface area contributed by atoms with Crippen molar-refractivity contribution >= 4 is 37.4 Å². The van der Waals surface area contributed by atoms with Crippen molar-refractivity contribution in [3.05, 3.63) is 40.3 Å². The molecule has 1 amide bonds. The van der Waals surface area contributed by atoms with Crippen LogP contribution < -0.4 is 5.56 Å². The summed E-state index contributed by atoms with van der Waals surface area (Å²) in [5.74, 6) is 0.978. The van der Waals surface area contributed by atoms with E-state index < -0.39 is 0 Å². The topological polar surface area (TPSA) is 55.2 Å². The Morgan fingerprint density at radius 1 is 1.23 bits per heavy atom. The Morgan fingerprint density at radius 2 is 1.92 bits per heavy atom. The van der Waals surface area contributed by atoms with Gasteiger partial charge in [0.2, 0.25) is 5.91 Å². The zero-order valence-electron chi connectivity index (χ0n) is 15.4. The first-order chi connectivity index (χ1) is 12.4. The molecule has 2 aromatic heterocycles. The maximum absolute atomic E-state index is 13.0. The Morgan fingerprint density at radius 3 is 2.65 bits per heavy atom. The highest BCUT2D eigenvalue weighted by molar-refractivity contribution is 7.26. The predicted octanol–water partition coefficient (Wildman–Crippen LogP) is 3.42. The fourth-order valence-electron chi connectivity index (χ4n) is 4.12. The van der Waals surface area contributed by atoms with Gasteiger partial charge in [0.05, 0.1) is 15.8 Å². The van der Waals surface area contributed by atoms with Crippen molar-refractivity contribution in [3.63, 3.8) is 0 Å². The Balaban J connectivity index is 1.73. The van der Waals surface area contributed by atoms with Gasteiger partial charge in [-0.3, -0.25) is 9.59 Å². The second kappa shape index (κ2) is 6.50. The lowest BCUT2D eigenvalue weighted by atomic mass is 9.92. The van der Waals surface area contributed by atoms with E-state index in [0.29, 0.717) is 17.2 Å². The average molecular weight is 369 g/mol. The van der Waals surface area contributed by atoms with Gasteiger partial charge in [-0.2, -0.15) is 5.10 Å². The fourth-order valence-corrected chi connectivity index (χ4v) is 5.25. The number of rotatable bonds is 2. The van der Waals surface area contributed by atoms with Crippen LogP contribution in [0.15, 0.2) is 29.1 Å². The summed E-state index contributed by atoms with van der Waals surface area (Å²) in [4.78, 5) is 27.7. The zero-order valence-corrected chi connectivity index (χ0v) is 16.2. The van der Waals surface area contributed by atoms with E-state index in [2.05, 4.69) is 18.9 Å². The zero-order chi connectivity index (χ0) is 18.4. The van der Waals surface area contributed by atoms with E-state index in [9.17, 15) is 9.59 Å². The first-order valence-electron chi connectivity index (χ1n) is 9.10. The van der Waals surface area contributed by atoms with Gasteiger partial charge in [0.1, 0.15) is 6.54 Å². The Kier molecular flexibility index (Phi) is 4.31. The molecule has 1 fully saturated rings. The summed E-state index contributed by atoms with van der Waals surface area (Å²) in [5, 5.41) is 6.07. The quantitative estimate of drug-likeness (QED) is 0.695. The van der Waals surface area contributed by atoms with Crippen LogP contribution in [0.1, 0.15) is 26.0 Å². The number of aryl methyl sites for hydroxylation is 1. The number of fused-ring (bicyclic) bond motifs is 3. The number of hydrogen-bond acceptors (Lipinski definition) is 4. The third-order valence-corrected chi connectivity index (χ3v) is 6.43. The summed E-state index contributed by atoms with van der Waals surface area (Å²) >= 11 is 1.59. The fraction of sp³-hybridized carbons (Fsp3) is 0.450. The third-order valence-electron chi connectivity index (χ3n) is 5.15. The van der Waals surface area contributed by atoms with Crippen molar-refractivity contribution in [2.45, 2.75) is 33.7 Å². The summed E-state index contributed by atoms with van der Waals surface area (Å²) in [6, 6.07) is 7.90. The van der Waals surface area contributed by atoms with E-state index in [-0.39, 0.29) is 18.0 Å². The molecule has 1 saturated heterocycles. The summed E-state index contributed by atoms with van der Waals surface area (Å²) in [7, 11) is 0. The highest BCUT2D eigenvalue weighted by Gasteiger charge is 2.26. The Hall–Kier alpha value is -2.21. The van der Waals surface area contributed by atoms with E-state index in [0.717, 1.165) is 40.0 Å². The molecular formula is C20H23N3O2S. The molecule has 0 saturated carbocycles. The van der Waals surface area contributed by atoms with Crippen molar-refractivity contribution in [1.82, 2.24) is 14.7 Å². The molecule has 4 rings (SSSR count). The molecule has 136 valence electrons. The molecule has 0 unspecified atom stereocenters. The normalized spacial score (nSPS) is 20.8. The van der Waals surface area contributed by atoms with E-state index in [1.165, 1.54) is 4.68 Å². The molecule has 26 heavy (non-hydrogen) atoms. The highest BCUT2D eigenvalue weighted by Crippen LogP contribution is 2.32. The summed E-state index contributed by atoms with van der Waals surface area (Å²) in [6.45, 7) is 7.80. The minimum absolute atomic E-state index is 0.0131. The van der Waals surface area contributed by atoms with Crippen LogP contribution in [0.4, 0.5) is 0 Å². The van der Waals surface area contributed by atoms with Gasteiger partial charge >= 0.3 is 0 Å². The van der Waals surface area contributed by atoms with Crippen molar-refractivity contribution in [3.8, 4) is 0 Å². The number of likely N-dealkylation sites (tertiary alicyclic amines) is 1. The monoisotopic (exact) mass is 369 g/mol. The molecule has 0 spiro atoms. The van der Waals surface area contributed by atoms with Gasteiger partial charge in [0.25, 0.3) is 5.56 Å². The molecule has 3 aromatic rings. The smallest absolute Gasteiger partial charge is 0.276 e. The maximum atomic E-state index is 13.0. The van der Waals surface area contributed by atoms with Gasteiger partial charge in [-0.1, -0.05) is 32.0 Å². The maximum Gasteiger partial charge on any atom is 0.276 e. The van der Waals surface area contributed by atoms with Crippen LogP contribution in [-0.4, -0.2) is 33.7 Å². The van der Waals surface area contributed by atoms with Gasteiger partial charge < -0.3 is 4.90 Å². The number of aromatic nitrogens is 2. The molecule has 6 heteroatoms. The van der Waals surface area contributed by atoms with Gasteiger partial charge in [0.15, 0.2) is 0 Å². The SMILES string of the molecule is Cc1nn(CC(=O)N2C[C@H](C)C[C@@H](C)C2)c(=O)c2c1sc1ccccc12. The van der Waals surface area contributed by atoms with Crippen LogP contribution >= 0.6 is 11.3 Å². The summed E-state index contributed by atoms with van der Waals surface area (Å²) < 4.78 is 3.34. The van der Waals surface area contributed by atoms with Crippen LogP contribution in [0.2, 0.25) is 0 Å². The largest absolute Gasteiger partial charge is 0.341 e. The number of hydrogen-bond donors (Lipinski definition) is 0. The van der Waals surface area contributed by atoms with Crippen molar-refractivity contribution in [1.29, 1.82) is 0 Å². The van der Waals surface area contributed by atoms with Gasteiger partial charge in [-0.15, -0.1) is 11.3 Å². The number of amides is 1. The number of benzene rings is 1. The van der Waals surface area contributed by atoms with E-state index >= 15 is 0 Å². The molecule has 0 aliphatic carbocycles. The second-order valence-electron chi connectivity index (χ2n) is 7.60. The summed E-state index contributed by atoms with van der Waals surface area (Å²) in [6.07, 6.45) is 1.15. The molecular weight excluding hydrogens is 346 g/mol. The van der Waals surface area contributed by atoms with Crippen LogP contribution in [-0.2, 0) is 11.3 Å². The minimum Gasteiger partial charge on any atom is -0.341 e. The van der Waals surface area contributed by atoms with Crippen molar-refractivity contribution in [2.24, 2.45) is 11.8 Å². The van der Waals surface area contributed by atoms with Crippen LogP contribution in [0, 0.1) is 18.8 Å². The van der Waals surface area contributed by atoms with Crippen molar-refractivity contribution in [2.75, 3.05) is 13.1 Å². The van der Waals surface area contributed by atoms with E-state index in [4.69, 9.17) is 0 Å². The number of carbonyl (C=O) groups is 1. The highest BCUT2D eigenvalue weighted by atomic mass is 32.1. The van der Waals surface area contributed by atoms with Gasteiger partial charge in [0, 0.05) is 23.2 Å². The standard InChI is InChI=1S/C20H23N3O2S/c1-12-8-13(2)10-22(9-12)17(24)11-23-20(25)18-15-6-4-5-7-16(15)26-19(18)14(3)21-23/h4-7,12-13H,8-11H2,1-3H3/t12-,13-/m1/s1. The Labute approximate surface area is 156 Å². The third kappa shape index (κ3) is 2.92. The minimum atomic E-state index is -0.172. The molecule has 1 aliphatic rings. The predicted molar refractivity (Wildman–Crippen MR) is 106 cm³/mol. The molecule has 1 aromatic carbocycles. The Bertz CT molecular complexity index is 1040. The van der Waals surface area contributed by atoms with E-state index in [1.54, 1.807) is 11.3 Å². The number of piperidine rings is 1. The van der Waals surface area contributed by atoms with Crippen LogP contribution in [0.5, 0.6) is 0 Å². The number of carbonyl (C=O) groups excluding carboxylic acids is 1. The molecule has 2 atom stereocenters. The average Bonchev–Trinajstić information content (AvgIpc) is 2.99. The number of thiophene rings is 1. The molecule has 5 nitrogen and oxygen atoms in total. The van der Waals surface area contributed by atoms with Gasteiger partial charge in [-0.25, -0.2) is 4.68 Å². The lowest BCUT2D eigenvalue weighted by Gasteiger charge is -2.35. The number of nitrogens with zero attached hydrogens (tertiary/aromatic N) is 3. The van der Waals surface area contributed by atoms with Crippen LogP contribution in [0.25, 0.3) is 20.2 Å². The molecule has 1 aliphatic heterocycles. The molecule has 3 heterocycles. The second-order valence-corrected chi connectivity index (χ2v) is 8.65. The molecule has 0 bridgehead atoms. The summed E-state index contributed by atoms with van der Waals surface area (Å²) in [5.41, 5.74) is 0.628. The molecule has 0 radical (unpaired) electrons. The van der Waals surface area contributed by atoms with Crippen LogP contribution in [0.3, 0.4) is 0 Å². The first kappa shape index (κ1) is 17.2. The first-order valence-corrected chi connectivity index (χ1v) is 9.92. The lowest BCUT2D eigenvalue weighted by molar-refractivity contribution is -0.134. The van der Waals surface area contributed by atoms with E-state index in [1.807, 2.05) is 36.1 Å². The van der Waals surface area contributed by atoms with Crippen molar-refractivity contribution < 1.29 is 4.79 Å².